The maximum absolute atomic E-state index is 14.4. The Morgan fingerprint density at radius 1 is 1.14 bits per heavy atom. The predicted octanol–water partition coefficient (Wildman–Crippen LogP) is 2.14. The Labute approximate surface area is 245 Å². The Morgan fingerprint density at radius 3 is 2.17 bits per heavy atom. The second kappa shape index (κ2) is 13.6. The number of aliphatic imine (C=N–C) groups is 1. The topological polar surface area (TPSA) is 189 Å². The van der Waals surface area contributed by atoms with Crippen LogP contribution in [0.15, 0.2) is 29.7 Å². The number of amidine groups is 1. The van der Waals surface area contributed by atoms with Gasteiger partial charge >= 0.3 is 25.8 Å². The number of carbonyl (C=O) groups is 3. The minimum Gasteiger partial charge on any atom is -0.468 e. The molecule has 0 radical (unpaired) electrons. The monoisotopic (exact) mass is 615 g/mol. The fourth-order valence-corrected chi connectivity index (χ4v) is 6.81. The van der Waals surface area contributed by atoms with Crippen LogP contribution >= 0.6 is 7.67 Å². The molecule has 3 aliphatic rings. The maximum atomic E-state index is 14.4. The lowest BCUT2D eigenvalue weighted by Gasteiger charge is -2.35. The Hall–Kier alpha value is -2.97. The highest BCUT2D eigenvalue weighted by Crippen LogP contribution is 2.47. The molecule has 4 N–H and O–H groups in total. The van der Waals surface area contributed by atoms with E-state index in [1.165, 1.54) is 25.2 Å². The zero-order valence-corrected chi connectivity index (χ0v) is 25.9. The van der Waals surface area contributed by atoms with Crippen LogP contribution in [-0.4, -0.2) is 85.8 Å². The lowest BCUT2D eigenvalue weighted by atomic mass is 9.96. The van der Waals surface area contributed by atoms with Crippen LogP contribution in [0.2, 0.25) is 0 Å². The molecule has 3 rings (SSSR count). The van der Waals surface area contributed by atoms with Crippen molar-refractivity contribution in [1.82, 2.24) is 15.1 Å². The summed E-state index contributed by atoms with van der Waals surface area (Å²) in [4.78, 5) is 43.2. The highest BCUT2D eigenvalue weighted by atomic mass is 31.2. The normalized spacial score (nSPS) is 28.1. The van der Waals surface area contributed by atoms with Gasteiger partial charge in [0.15, 0.2) is 17.9 Å². The van der Waals surface area contributed by atoms with Crippen LogP contribution < -0.4 is 15.9 Å². The van der Waals surface area contributed by atoms with E-state index in [1.54, 1.807) is 13.1 Å². The molecule has 236 valence electrons. The second-order valence-electron chi connectivity index (χ2n) is 11.3. The van der Waals surface area contributed by atoms with Crippen molar-refractivity contribution < 1.29 is 47.2 Å². The van der Waals surface area contributed by atoms with Crippen LogP contribution in [0.1, 0.15) is 47.5 Å². The zero-order chi connectivity index (χ0) is 31.4. The fourth-order valence-electron chi connectivity index (χ4n) is 4.99. The van der Waals surface area contributed by atoms with E-state index >= 15 is 0 Å². The predicted molar refractivity (Wildman–Crippen MR) is 151 cm³/mol. The molecule has 0 aliphatic carbocycles. The molecule has 16 heteroatoms. The first-order chi connectivity index (χ1) is 19.6. The third kappa shape index (κ3) is 7.70. The van der Waals surface area contributed by atoms with Gasteiger partial charge in [-0.05, 0) is 37.7 Å². The number of nitrogens with zero attached hydrogens (tertiary/aromatic N) is 2. The first-order valence-corrected chi connectivity index (χ1v) is 15.2. The Balaban J connectivity index is 1.90. The van der Waals surface area contributed by atoms with E-state index in [9.17, 15) is 18.9 Å². The molecule has 0 saturated carbocycles. The highest BCUT2D eigenvalue weighted by molar-refractivity contribution is 7.54. The largest absolute Gasteiger partial charge is 0.509 e. The second-order valence-corrected chi connectivity index (χ2v) is 13.2. The van der Waals surface area contributed by atoms with E-state index in [0.29, 0.717) is 0 Å². The van der Waals surface area contributed by atoms with E-state index in [2.05, 4.69) is 21.7 Å². The van der Waals surface area contributed by atoms with Crippen LogP contribution in [0.3, 0.4) is 0 Å². The van der Waals surface area contributed by atoms with Gasteiger partial charge < -0.3 is 38.8 Å². The summed E-state index contributed by atoms with van der Waals surface area (Å²) in [7, 11) is -1.79. The summed E-state index contributed by atoms with van der Waals surface area (Å²) in [5, 5.41) is 5.52. The number of rotatable bonds is 14. The van der Waals surface area contributed by atoms with Crippen molar-refractivity contribution in [3.63, 3.8) is 0 Å². The van der Waals surface area contributed by atoms with Gasteiger partial charge in [-0.1, -0.05) is 34.3 Å². The van der Waals surface area contributed by atoms with Crippen LogP contribution in [0.5, 0.6) is 0 Å². The summed E-state index contributed by atoms with van der Waals surface area (Å²) in [5.41, 5.74) is 4.44. The average Bonchev–Trinajstić information content (AvgIpc) is 3.34. The van der Waals surface area contributed by atoms with Gasteiger partial charge in [0.05, 0.1) is 20.8 Å². The molecule has 0 aromatic rings. The summed E-state index contributed by atoms with van der Waals surface area (Å²) in [6, 6.07) is -2.07. The third-order valence-corrected chi connectivity index (χ3v) is 8.71. The summed E-state index contributed by atoms with van der Waals surface area (Å²) in [6.07, 6.45) is -0.199. The standard InChI is InChI=1S/C26H42N5O10P/c1-14(2)11-17(22(32)36-7)29-42(35,30-18(12-15(3)4)23(33)37-8)38-13-19-21-26(6,41-25(34)40-21)24(39-19)31-10-9-20(27)28-16(31)5/h9-10,14-15,17-19,21,24H,5,11-13H2,1-4,6-8H3,(H2,27,28)(H2,29,30,35)/t17?,18?,19-,21?,24-,26+,42?/m1/s1. The van der Waals surface area contributed by atoms with Gasteiger partial charge in [-0.2, -0.15) is 0 Å². The Bertz CT molecular complexity index is 1120. The maximum Gasteiger partial charge on any atom is 0.509 e. The van der Waals surface area contributed by atoms with E-state index in [1.807, 2.05) is 27.7 Å². The van der Waals surface area contributed by atoms with E-state index < -0.39 is 68.5 Å². The molecule has 0 spiro atoms. The van der Waals surface area contributed by atoms with Crippen LogP contribution in [0, 0.1) is 11.8 Å². The SMILES string of the molecule is C=C1N=C(N)C=CN1[C@@H]1O[C@H](COP(=O)(NC(CC(C)C)C(=O)OC)NC(CC(C)C)C(=O)OC)C2OC(=O)O[C@@]21C. The molecule has 0 bridgehead atoms. The minimum absolute atomic E-state index is 0.0131. The van der Waals surface area contributed by atoms with Crippen molar-refractivity contribution in [2.45, 2.75) is 83.6 Å². The van der Waals surface area contributed by atoms with Crippen molar-refractivity contribution >= 4 is 31.6 Å². The smallest absolute Gasteiger partial charge is 0.468 e. The number of hydrogen-bond donors (Lipinski definition) is 3. The number of carbonyl (C=O) groups excluding carboxylic acids is 3. The zero-order valence-electron chi connectivity index (χ0n) is 25.0. The average molecular weight is 616 g/mol. The van der Waals surface area contributed by atoms with Crippen molar-refractivity contribution in [2.75, 3.05) is 20.8 Å². The molecule has 3 unspecified atom stereocenters. The molecule has 0 aromatic carbocycles. The Morgan fingerprint density at radius 2 is 1.69 bits per heavy atom. The van der Waals surface area contributed by atoms with Gasteiger partial charge in [-0.3, -0.25) is 14.2 Å². The van der Waals surface area contributed by atoms with Crippen molar-refractivity contribution in [1.29, 1.82) is 0 Å². The number of ether oxygens (including phenoxy) is 5. The summed E-state index contributed by atoms with van der Waals surface area (Å²) >= 11 is 0. The molecule has 0 amide bonds. The minimum atomic E-state index is -4.22. The molecule has 3 aliphatic heterocycles. The molecule has 15 nitrogen and oxygen atoms in total. The lowest BCUT2D eigenvalue weighted by molar-refractivity contribution is -0.143. The van der Waals surface area contributed by atoms with Crippen molar-refractivity contribution in [3.8, 4) is 0 Å². The van der Waals surface area contributed by atoms with Crippen LogP contribution in [0.25, 0.3) is 0 Å². The number of esters is 2. The van der Waals surface area contributed by atoms with Gasteiger partial charge in [0.1, 0.15) is 29.8 Å². The third-order valence-electron chi connectivity index (χ3n) is 6.90. The first kappa shape index (κ1) is 33.5. The molecule has 2 fully saturated rings. The Kier molecular flexibility index (Phi) is 10.8. The summed E-state index contributed by atoms with van der Waals surface area (Å²) in [6.45, 7) is 12.7. The highest BCUT2D eigenvalue weighted by Gasteiger charge is 2.65. The van der Waals surface area contributed by atoms with Gasteiger partial charge in [0.25, 0.3) is 0 Å². The molecule has 6 atom stereocenters. The van der Waals surface area contributed by atoms with E-state index in [0.717, 1.165) is 0 Å². The van der Waals surface area contributed by atoms with E-state index in [4.69, 9.17) is 33.9 Å². The fraction of sp³-hybridized carbons (Fsp3) is 0.692. The lowest BCUT2D eigenvalue weighted by Crippen LogP contribution is -2.50. The van der Waals surface area contributed by atoms with Gasteiger partial charge in [0, 0.05) is 6.20 Å². The van der Waals surface area contributed by atoms with E-state index in [-0.39, 0.29) is 36.3 Å². The van der Waals surface area contributed by atoms with Crippen molar-refractivity contribution in [2.24, 2.45) is 22.6 Å². The molecule has 42 heavy (non-hydrogen) atoms. The van der Waals surface area contributed by atoms with Crippen LogP contribution in [-0.2, 0) is 42.4 Å². The molecule has 3 heterocycles. The van der Waals surface area contributed by atoms with Gasteiger partial charge in [-0.15, -0.1) is 0 Å². The number of hydrogen-bond acceptors (Lipinski definition) is 13. The number of nitrogens with one attached hydrogen (secondary N) is 2. The van der Waals surface area contributed by atoms with Gasteiger partial charge in [0.2, 0.25) is 0 Å². The number of nitrogens with two attached hydrogens (primary N) is 1. The molecular weight excluding hydrogens is 573 g/mol. The first-order valence-electron chi connectivity index (χ1n) is 13.6. The quantitative estimate of drug-likeness (QED) is 0.146. The molecule has 2 saturated heterocycles. The van der Waals surface area contributed by atoms with Crippen molar-refractivity contribution in [3.05, 3.63) is 24.7 Å². The number of methoxy groups -OCH3 is 2. The summed E-state index contributed by atoms with van der Waals surface area (Å²) in [5.74, 6) is -0.824. The molecule has 0 aromatic heterocycles. The number of fused-ring (bicyclic) bond motifs is 1. The molecular formula is C26H42N5O10P. The van der Waals surface area contributed by atoms with Crippen LogP contribution in [0.4, 0.5) is 4.79 Å². The van der Waals surface area contributed by atoms with Gasteiger partial charge in [-0.25, -0.2) is 20.0 Å². The summed E-state index contributed by atoms with van der Waals surface area (Å²) < 4.78 is 47.3.